The van der Waals surface area contributed by atoms with E-state index in [1.54, 1.807) is 5.17 Å². The smallest absolute Gasteiger partial charge is 0.114 e. The van der Waals surface area contributed by atoms with Crippen LogP contribution in [-0.4, -0.2) is 43.4 Å². The van der Waals surface area contributed by atoms with E-state index in [1.165, 1.54) is 49.2 Å². The number of anilines is 2. The van der Waals surface area contributed by atoms with Gasteiger partial charge in [-0.2, -0.15) is 5.10 Å². The topological polar surface area (TPSA) is 40.1 Å². The van der Waals surface area contributed by atoms with E-state index in [9.17, 15) is 0 Å². The van der Waals surface area contributed by atoms with E-state index in [-0.39, 0.29) is 0 Å². The van der Waals surface area contributed by atoms with Crippen molar-refractivity contribution in [1.29, 1.82) is 0 Å². The van der Waals surface area contributed by atoms with Crippen molar-refractivity contribution in [3.8, 4) is 0 Å². The van der Waals surface area contributed by atoms with Crippen LogP contribution in [0.2, 0.25) is 0 Å². The zero-order valence-electron chi connectivity index (χ0n) is 14.8. The third-order valence-corrected chi connectivity index (χ3v) is 5.48. The van der Waals surface area contributed by atoms with E-state index in [2.05, 4.69) is 41.3 Å². The number of rotatable bonds is 6. The molecule has 24 heavy (non-hydrogen) atoms. The number of hydrazone groups is 1. The molecule has 4 rings (SSSR count). The molecule has 0 aromatic heterocycles. The SMILES string of the molecule is CCCN(CCC)C1Cc2c(N3N=CCO3)ccc3c2C(CN3)C1. The Morgan fingerprint density at radius 1 is 1.29 bits per heavy atom. The summed E-state index contributed by atoms with van der Waals surface area (Å²) in [7, 11) is 0. The van der Waals surface area contributed by atoms with E-state index in [4.69, 9.17) is 4.84 Å². The van der Waals surface area contributed by atoms with E-state index < -0.39 is 0 Å². The molecule has 0 bridgehead atoms. The Balaban J connectivity index is 1.68. The summed E-state index contributed by atoms with van der Waals surface area (Å²) < 4.78 is 0. The Morgan fingerprint density at radius 2 is 2.12 bits per heavy atom. The van der Waals surface area contributed by atoms with Crippen LogP contribution in [0.25, 0.3) is 0 Å². The van der Waals surface area contributed by atoms with Gasteiger partial charge in [-0.15, -0.1) is 5.17 Å². The Morgan fingerprint density at radius 3 is 2.83 bits per heavy atom. The lowest BCUT2D eigenvalue weighted by Gasteiger charge is -2.38. The Bertz CT molecular complexity index is 624. The van der Waals surface area contributed by atoms with Gasteiger partial charge in [-0.05, 0) is 62.0 Å². The van der Waals surface area contributed by atoms with Gasteiger partial charge in [-0.1, -0.05) is 13.8 Å². The lowest BCUT2D eigenvalue weighted by atomic mass is 9.79. The minimum Gasteiger partial charge on any atom is -0.384 e. The van der Waals surface area contributed by atoms with Crippen LogP contribution < -0.4 is 10.5 Å². The lowest BCUT2D eigenvalue weighted by Crippen LogP contribution is -2.41. The molecule has 0 amide bonds. The van der Waals surface area contributed by atoms with Crippen LogP contribution in [0.3, 0.4) is 0 Å². The van der Waals surface area contributed by atoms with Crippen molar-refractivity contribution in [2.75, 3.05) is 36.7 Å². The molecule has 1 N–H and O–H groups in total. The van der Waals surface area contributed by atoms with E-state index in [0.29, 0.717) is 18.6 Å². The predicted molar refractivity (Wildman–Crippen MR) is 98.9 cm³/mol. The Labute approximate surface area is 144 Å². The molecule has 3 aliphatic rings. The molecule has 1 aromatic carbocycles. The molecule has 130 valence electrons. The fraction of sp³-hybridized carbons (Fsp3) is 0.632. The first kappa shape index (κ1) is 15.9. The molecule has 0 saturated carbocycles. The minimum atomic E-state index is 0.569. The highest BCUT2D eigenvalue weighted by atomic mass is 16.7. The van der Waals surface area contributed by atoms with Crippen molar-refractivity contribution in [3.05, 3.63) is 23.3 Å². The number of hydrogen-bond acceptors (Lipinski definition) is 5. The van der Waals surface area contributed by atoms with Crippen molar-refractivity contribution in [2.45, 2.75) is 51.5 Å². The first-order chi connectivity index (χ1) is 11.8. The van der Waals surface area contributed by atoms with Crippen molar-refractivity contribution < 1.29 is 4.84 Å². The van der Waals surface area contributed by atoms with Gasteiger partial charge in [0.25, 0.3) is 0 Å². The zero-order chi connectivity index (χ0) is 16.5. The second-order valence-electron chi connectivity index (χ2n) is 7.10. The molecule has 0 fully saturated rings. The van der Waals surface area contributed by atoms with E-state index in [0.717, 1.165) is 18.7 Å². The normalized spacial score (nSPS) is 24.5. The van der Waals surface area contributed by atoms with E-state index in [1.807, 2.05) is 6.21 Å². The molecule has 0 radical (unpaired) electrons. The maximum atomic E-state index is 5.67. The van der Waals surface area contributed by atoms with Crippen LogP contribution in [0.4, 0.5) is 11.4 Å². The first-order valence-electron chi connectivity index (χ1n) is 9.41. The van der Waals surface area contributed by atoms with Crippen molar-refractivity contribution in [3.63, 3.8) is 0 Å². The molecule has 5 heteroatoms. The molecule has 2 aliphatic heterocycles. The number of hydrogen-bond donors (Lipinski definition) is 1. The van der Waals surface area contributed by atoms with Gasteiger partial charge in [0.05, 0.1) is 11.9 Å². The Hall–Kier alpha value is -1.59. The lowest BCUT2D eigenvalue weighted by molar-refractivity contribution is 0.160. The summed E-state index contributed by atoms with van der Waals surface area (Å²) >= 11 is 0. The quantitative estimate of drug-likeness (QED) is 0.869. The zero-order valence-corrected chi connectivity index (χ0v) is 14.8. The second-order valence-corrected chi connectivity index (χ2v) is 7.10. The summed E-state index contributed by atoms with van der Waals surface area (Å²) in [6.45, 7) is 8.60. The number of nitrogens with zero attached hydrogens (tertiary/aromatic N) is 3. The predicted octanol–water partition coefficient (Wildman–Crippen LogP) is 3.37. The molecule has 2 heterocycles. The van der Waals surface area contributed by atoms with Crippen LogP contribution >= 0.6 is 0 Å². The molecule has 1 aliphatic carbocycles. The van der Waals surface area contributed by atoms with Crippen molar-refractivity contribution in [1.82, 2.24) is 4.90 Å². The maximum Gasteiger partial charge on any atom is 0.114 e. The average Bonchev–Trinajstić information content (AvgIpc) is 3.26. The number of nitrogens with one attached hydrogen (secondary N) is 1. The largest absolute Gasteiger partial charge is 0.384 e. The summed E-state index contributed by atoms with van der Waals surface area (Å²) in [6.07, 6.45) is 6.64. The fourth-order valence-corrected chi connectivity index (χ4v) is 4.56. The summed E-state index contributed by atoms with van der Waals surface area (Å²) in [4.78, 5) is 8.37. The van der Waals surface area contributed by atoms with Crippen LogP contribution in [0.5, 0.6) is 0 Å². The summed E-state index contributed by atoms with van der Waals surface area (Å²) in [5.41, 5.74) is 5.41. The van der Waals surface area contributed by atoms with Gasteiger partial charge in [0.1, 0.15) is 6.61 Å². The Kier molecular flexibility index (Phi) is 4.46. The van der Waals surface area contributed by atoms with Gasteiger partial charge in [-0.25, -0.2) is 4.84 Å². The molecule has 2 atom stereocenters. The van der Waals surface area contributed by atoms with Gasteiger partial charge in [0.15, 0.2) is 0 Å². The molecule has 5 nitrogen and oxygen atoms in total. The first-order valence-corrected chi connectivity index (χ1v) is 9.41. The number of benzene rings is 1. The van der Waals surface area contributed by atoms with Crippen molar-refractivity contribution >= 4 is 17.6 Å². The summed E-state index contributed by atoms with van der Waals surface area (Å²) in [5, 5.41) is 9.71. The van der Waals surface area contributed by atoms with Gasteiger partial charge >= 0.3 is 0 Å². The summed E-state index contributed by atoms with van der Waals surface area (Å²) in [5.74, 6) is 0.622. The minimum absolute atomic E-state index is 0.569. The molecule has 2 unspecified atom stereocenters. The van der Waals surface area contributed by atoms with Crippen LogP contribution in [-0.2, 0) is 11.3 Å². The molecule has 0 spiro atoms. The molecule has 0 saturated heterocycles. The van der Waals surface area contributed by atoms with Gasteiger partial charge < -0.3 is 10.2 Å². The van der Waals surface area contributed by atoms with E-state index >= 15 is 0 Å². The molecular formula is C19H28N4O. The highest BCUT2D eigenvalue weighted by Crippen LogP contribution is 2.46. The maximum absolute atomic E-state index is 5.67. The standard InChI is InChI=1S/C19H28N4O/c1-3-8-22(9-4-2)15-11-14-13-20-17-5-6-18(16(12-15)19(14)17)23-21-7-10-24-23/h5-7,14-15,20H,3-4,8-13H2,1-2H3. The average molecular weight is 328 g/mol. The van der Waals surface area contributed by atoms with Gasteiger partial charge in [0.2, 0.25) is 0 Å². The molecular weight excluding hydrogens is 300 g/mol. The third kappa shape index (κ3) is 2.70. The highest BCUT2D eigenvalue weighted by molar-refractivity contribution is 5.72. The van der Waals surface area contributed by atoms with Crippen LogP contribution in [0.15, 0.2) is 17.2 Å². The van der Waals surface area contributed by atoms with Crippen LogP contribution in [0.1, 0.15) is 50.2 Å². The van der Waals surface area contributed by atoms with Gasteiger partial charge in [0, 0.05) is 24.2 Å². The monoisotopic (exact) mass is 328 g/mol. The van der Waals surface area contributed by atoms with Gasteiger partial charge in [-0.3, -0.25) is 0 Å². The summed E-state index contributed by atoms with van der Waals surface area (Å²) in [6, 6.07) is 4.99. The highest BCUT2D eigenvalue weighted by Gasteiger charge is 2.37. The van der Waals surface area contributed by atoms with Crippen LogP contribution in [0, 0.1) is 0 Å². The molecule has 1 aromatic rings. The second kappa shape index (κ2) is 6.73. The van der Waals surface area contributed by atoms with Crippen molar-refractivity contribution in [2.24, 2.45) is 5.10 Å². The third-order valence-electron chi connectivity index (χ3n) is 5.48. The fourth-order valence-electron chi connectivity index (χ4n) is 4.56.